The summed E-state index contributed by atoms with van der Waals surface area (Å²) >= 11 is 0. The van der Waals surface area contributed by atoms with Gasteiger partial charge in [0.05, 0.1) is 5.69 Å². The largest absolute Gasteiger partial charge is 0.326 e. The molecule has 0 atom stereocenters. The highest BCUT2D eigenvalue weighted by molar-refractivity contribution is 6.09. The third-order valence-electron chi connectivity index (χ3n) is 3.79. The molecular formula is C19H16FN5O3. The number of carbonyl (C=O) groups excluding carboxylic acids is 2. The van der Waals surface area contributed by atoms with Crippen molar-refractivity contribution >= 4 is 29.3 Å². The highest BCUT2D eigenvalue weighted by atomic mass is 19.1. The first-order valence-corrected chi connectivity index (χ1v) is 8.20. The summed E-state index contributed by atoms with van der Waals surface area (Å²) in [6, 6.07) is 14.5. The Balaban J connectivity index is 1.67. The number of anilines is 3. The van der Waals surface area contributed by atoms with Gasteiger partial charge >= 0.3 is 6.03 Å². The summed E-state index contributed by atoms with van der Waals surface area (Å²) in [7, 11) is 0. The molecule has 4 N–H and O–H groups in total. The van der Waals surface area contributed by atoms with Gasteiger partial charge in [0, 0.05) is 16.8 Å². The number of ketones is 1. The Morgan fingerprint density at radius 3 is 2.21 bits per heavy atom. The van der Waals surface area contributed by atoms with Crippen LogP contribution in [0.2, 0.25) is 0 Å². The summed E-state index contributed by atoms with van der Waals surface area (Å²) in [5, 5.41) is 13.7. The van der Waals surface area contributed by atoms with Gasteiger partial charge in [-0.25, -0.2) is 19.6 Å². The molecule has 1 aromatic heterocycles. The third kappa shape index (κ3) is 4.27. The standard InChI is InChI=1S/C19H16FN5O3/c1-11-15(20)17(25-28)23-18(21-11)24-19(27)22-14-9-7-13(8-10-14)16(26)12-5-3-2-4-6-12/h2-10,28H,1H3,(H3,21,22,23,24,25,27). The van der Waals surface area contributed by atoms with Crippen molar-refractivity contribution in [1.29, 1.82) is 0 Å². The molecule has 0 unspecified atom stereocenters. The molecule has 0 saturated heterocycles. The number of rotatable bonds is 5. The van der Waals surface area contributed by atoms with Gasteiger partial charge in [-0.2, -0.15) is 4.98 Å². The van der Waals surface area contributed by atoms with E-state index in [1.165, 1.54) is 6.92 Å². The normalized spacial score (nSPS) is 10.2. The average molecular weight is 381 g/mol. The number of carbonyl (C=O) groups is 2. The fourth-order valence-corrected chi connectivity index (χ4v) is 2.41. The van der Waals surface area contributed by atoms with Crippen molar-refractivity contribution in [2.75, 3.05) is 16.1 Å². The van der Waals surface area contributed by atoms with Gasteiger partial charge in [-0.1, -0.05) is 30.3 Å². The van der Waals surface area contributed by atoms with Crippen LogP contribution in [0.4, 0.5) is 26.6 Å². The minimum absolute atomic E-state index is 0.0503. The minimum Gasteiger partial charge on any atom is -0.308 e. The molecule has 3 aromatic rings. The summed E-state index contributed by atoms with van der Waals surface area (Å²) in [5.74, 6) is -1.60. The van der Waals surface area contributed by atoms with Crippen molar-refractivity contribution in [3.8, 4) is 0 Å². The van der Waals surface area contributed by atoms with E-state index in [0.29, 0.717) is 16.8 Å². The zero-order chi connectivity index (χ0) is 20.1. The molecule has 0 aliphatic rings. The lowest BCUT2D eigenvalue weighted by Gasteiger charge is -2.09. The van der Waals surface area contributed by atoms with Gasteiger partial charge in [0.1, 0.15) is 0 Å². The average Bonchev–Trinajstić information content (AvgIpc) is 2.71. The first-order valence-electron chi connectivity index (χ1n) is 8.20. The number of benzene rings is 2. The Morgan fingerprint density at radius 2 is 1.57 bits per heavy atom. The van der Waals surface area contributed by atoms with E-state index < -0.39 is 17.7 Å². The Labute approximate surface area is 159 Å². The first-order chi connectivity index (χ1) is 13.5. The van der Waals surface area contributed by atoms with Crippen molar-refractivity contribution in [1.82, 2.24) is 9.97 Å². The van der Waals surface area contributed by atoms with Crippen molar-refractivity contribution < 1.29 is 19.2 Å². The molecule has 28 heavy (non-hydrogen) atoms. The maximum Gasteiger partial charge on any atom is 0.326 e. The van der Waals surface area contributed by atoms with Crippen LogP contribution in [0.15, 0.2) is 54.6 Å². The number of halogens is 1. The maximum atomic E-state index is 13.6. The van der Waals surface area contributed by atoms with Gasteiger partial charge in [0.25, 0.3) is 0 Å². The molecule has 0 aliphatic carbocycles. The molecule has 2 aromatic carbocycles. The number of urea groups is 1. The quantitative estimate of drug-likeness (QED) is 0.396. The van der Waals surface area contributed by atoms with E-state index in [-0.39, 0.29) is 17.4 Å². The Morgan fingerprint density at radius 1 is 0.929 bits per heavy atom. The van der Waals surface area contributed by atoms with Crippen molar-refractivity contribution in [2.45, 2.75) is 6.92 Å². The van der Waals surface area contributed by atoms with Crippen LogP contribution in [-0.4, -0.2) is 27.0 Å². The van der Waals surface area contributed by atoms with Crippen LogP contribution < -0.4 is 16.1 Å². The van der Waals surface area contributed by atoms with Crippen LogP contribution >= 0.6 is 0 Å². The number of amides is 2. The molecule has 0 aliphatic heterocycles. The molecule has 3 rings (SSSR count). The molecule has 0 saturated carbocycles. The molecule has 0 bridgehead atoms. The van der Waals surface area contributed by atoms with E-state index in [2.05, 4.69) is 20.6 Å². The smallest absolute Gasteiger partial charge is 0.308 e. The number of hydrogen-bond donors (Lipinski definition) is 4. The van der Waals surface area contributed by atoms with Crippen LogP contribution in [0.1, 0.15) is 21.6 Å². The summed E-state index contributed by atoms with van der Waals surface area (Å²) in [6.07, 6.45) is 0. The SMILES string of the molecule is Cc1nc(NC(=O)Nc2ccc(C(=O)c3ccccc3)cc2)nc(NO)c1F. The summed E-state index contributed by atoms with van der Waals surface area (Å²) in [6.45, 7) is 1.36. The van der Waals surface area contributed by atoms with Gasteiger partial charge in [-0.05, 0) is 31.2 Å². The predicted molar refractivity (Wildman–Crippen MR) is 101 cm³/mol. The highest BCUT2D eigenvalue weighted by Crippen LogP contribution is 2.17. The fraction of sp³-hybridized carbons (Fsp3) is 0.0526. The van der Waals surface area contributed by atoms with Crippen LogP contribution in [0.3, 0.4) is 0 Å². The van der Waals surface area contributed by atoms with Crippen LogP contribution in [0.25, 0.3) is 0 Å². The number of nitrogens with zero attached hydrogens (tertiary/aromatic N) is 2. The second-order valence-electron chi connectivity index (χ2n) is 5.76. The number of hydrogen-bond acceptors (Lipinski definition) is 6. The number of aromatic nitrogens is 2. The van der Waals surface area contributed by atoms with Gasteiger partial charge in [0.15, 0.2) is 17.4 Å². The van der Waals surface area contributed by atoms with Crippen molar-refractivity contribution in [3.05, 3.63) is 77.2 Å². The molecule has 0 fully saturated rings. The monoisotopic (exact) mass is 381 g/mol. The third-order valence-corrected chi connectivity index (χ3v) is 3.79. The molecule has 0 spiro atoms. The Hall–Kier alpha value is -3.85. The van der Waals surface area contributed by atoms with E-state index in [1.54, 1.807) is 54.0 Å². The first kappa shape index (κ1) is 18.9. The van der Waals surface area contributed by atoms with Crippen LogP contribution in [0, 0.1) is 12.7 Å². The van der Waals surface area contributed by atoms with Crippen molar-refractivity contribution in [3.63, 3.8) is 0 Å². The van der Waals surface area contributed by atoms with Gasteiger partial charge < -0.3 is 5.32 Å². The summed E-state index contributed by atoms with van der Waals surface area (Å²) in [5.41, 5.74) is 3.03. The maximum absolute atomic E-state index is 13.6. The Kier molecular flexibility index (Phi) is 5.56. The van der Waals surface area contributed by atoms with E-state index in [9.17, 15) is 14.0 Å². The van der Waals surface area contributed by atoms with Crippen LogP contribution in [-0.2, 0) is 0 Å². The van der Waals surface area contributed by atoms with Gasteiger partial charge in [-0.15, -0.1) is 0 Å². The van der Waals surface area contributed by atoms with Crippen LogP contribution in [0.5, 0.6) is 0 Å². The second kappa shape index (κ2) is 8.23. The summed E-state index contributed by atoms with van der Waals surface area (Å²) in [4.78, 5) is 31.9. The highest BCUT2D eigenvalue weighted by Gasteiger charge is 2.13. The summed E-state index contributed by atoms with van der Waals surface area (Å²) < 4.78 is 13.6. The van der Waals surface area contributed by atoms with Gasteiger partial charge in [-0.3, -0.25) is 15.3 Å². The minimum atomic E-state index is -0.827. The number of nitrogens with one attached hydrogen (secondary N) is 3. The predicted octanol–water partition coefficient (Wildman–Crippen LogP) is 3.60. The topological polar surface area (TPSA) is 116 Å². The Bertz CT molecular complexity index is 1010. The number of aryl methyl sites for hydroxylation is 1. The lowest BCUT2D eigenvalue weighted by atomic mass is 10.0. The lowest BCUT2D eigenvalue weighted by Crippen LogP contribution is -2.21. The lowest BCUT2D eigenvalue weighted by molar-refractivity contribution is 0.103. The van der Waals surface area contributed by atoms with E-state index in [1.807, 2.05) is 6.07 Å². The zero-order valence-electron chi connectivity index (χ0n) is 14.7. The fourth-order valence-electron chi connectivity index (χ4n) is 2.41. The zero-order valence-corrected chi connectivity index (χ0v) is 14.7. The van der Waals surface area contributed by atoms with E-state index in [4.69, 9.17) is 5.21 Å². The second-order valence-corrected chi connectivity index (χ2v) is 5.76. The molecule has 1 heterocycles. The molecule has 8 nitrogen and oxygen atoms in total. The molecule has 2 amide bonds. The molecule has 142 valence electrons. The van der Waals surface area contributed by atoms with Gasteiger partial charge in [0.2, 0.25) is 5.95 Å². The van der Waals surface area contributed by atoms with E-state index >= 15 is 0 Å². The molecule has 9 heteroatoms. The molecule has 0 radical (unpaired) electrons. The van der Waals surface area contributed by atoms with Crippen molar-refractivity contribution in [2.24, 2.45) is 0 Å². The van der Waals surface area contributed by atoms with E-state index in [0.717, 1.165) is 0 Å². The molecular weight excluding hydrogens is 365 g/mol.